The van der Waals surface area contributed by atoms with Gasteiger partial charge < -0.3 is 4.74 Å². The topological polar surface area (TPSA) is 26.3 Å². The standard InChI is InChI=1S/C29H51BrO2S/c1-3-5-7-9-11-13-14-16-18-20-22-26(21-19-17-15-12-10-8-6-4-2)25-32-29(31)27-23-24-33-28(27)30/h23-24,26H,3-22,25H2,1-2H3. The molecule has 0 amide bonds. The molecule has 4 heteroatoms. The van der Waals surface area contributed by atoms with Gasteiger partial charge in [-0.25, -0.2) is 4.79 Å². The number of rotatable bonds is 23. The van der Waals surface area contributed by atoms with E-state index in [9.17, 15) is 4.79 Å². The fourth-order valence-electron chi connectivity index (χ4n) is 4.51. The molecule has 192 valence electrons. The summed E-state index contributed by atoms with van der Waals surface area (Å²) in [5.41, 5.74) is 0.671. The quantitative estimate of drug-likeness (QED) is 0.101. The second kappa shape index (κ2) is 22.1. The Bertz CT molecular complexity index is 572. The molecule has 1 heterocycles. The van der Waals surface area contributed by atoms with E-state index >= 15 is 0 Å². The molecule has 0 fully saturated rings. The Balaban J connectivity index is 2.23. The maximum Gasteiger partial charge on any atom is 0.340 e. The lowest BCUT2D eigenvalue weighted by atomic mass is 9.94. The third kappa shape index (κ3) is 16.8. The molecule has 1 aromatic heterocycles. The van der Waals surface area contributed by atoms with Gasteiger partial charge in [-0.05, 0) is 46.1 Å². The van der Waals surface area contributed by atoms with E-state index in [4.69, 9.17) is 4.74 Å². The number of carbonyl (C=O) groups is 1. The summed E-state index contributed by atoms with van der Waals surface area (Å²) in [6.07, 6.45) is 26.9. The molecule has 33 heavy (non-hydrogen) atoms. The molecule has 1 aromatic rings. The summed E-state index contributed by atoms with van der Waals surface area (Å²) in [6.45, 7) is 5.14. The lowest BCUT2D eigenvalue weighted by molar-refractivity contribution is 0.0421. The molecule has 0 radical (unpaired) electrons. The van der Waals surface area contributed by atoms with Crippen molar-refractivity contribution in [1.29, 1.82) is 0 Å². The largest absolute Gasteiger partial charge is 0.462 e. The third-order valence-corrected chi connectivity index (χ3v) is 8.41. The molecule has 0 bridgehead atoms. The zero-order chi connectivity index (χ0) is 24.0. The summed E-state index contributed by atoms with van der Waals surface area (Å²) in [7, 11) is 0. The summed E-state index contributed by atoms with van der Waals surface area (Å²) >= 11 is 5.00. The summed E-state index contributed by atoms with van der Waals surface area (Å²) in [4.78, 5) is 12.4. The van der Waals surface area contributed by atoms with Crippen LogP contribution in [-0.4, -0.2) is 12.6 Å². The zero-order valence-electron chi connectivity index (χ0n) is 21.7. The van der Waals surface area contributed by atoms with Crippen LogP contribution in [0.25, 0.3) is 0 Å². The van der Waals surface area contributed by atoms with Gasteiger partial charge in [-0.3, -0.25) is 0 Å². The molecule has 1 unspecified atom stereocenters. The molecule has 0 aliphatic heterocycles. The monoisotopic (exact) mass is 542 g/mol. The van der Waals surface area contributed by atoms with E-state index in [1.165, 1.54) is 140 Å². The van der Waals surface area contributed by atoms with Crippen LogP contribution in [0.4, 0.5) is 0 Å². The summed E-state index contributed by atoms with van der Waals surface area (Å²) in [6, 6.07) is 1.85. The lowest BCUT2D eigenvalue weighted by Crippen LogP contribution is -2.14. The number of unbranched alkanes of at least 4 members (excludes halogenated alkanes) is 16. The van der Waals surface area contributed by atoms with Crippen molar-refractivity contribution < 1.29 is 9.53 Å². The van der Waals surface area contributed by atoms with E-state index in [0.29, 0.717) is 18.1 Å². The second-order valence-electron chi connectivity index (χ2n) is 9.81. The first-order valence-electron chi connectivity index (χ1n) is 14.1. The molecule has 0 aromatic carbocycles. The molecule has 0 spiro atoms. The number of ether oxygens (including phenoxy) is 1. The number of esters is 1. The smallest absolute Gasteiger partial charge is 0.340 e. The summed E-state index contributed by atoms with van der Waals surface area (Å²) in [5, 5.41) is 1.93. The number of hydrogen-bond acceptors (Lipinski definition) is 3. The lowest BCUT2D eigenvalue weighted by Gasteiger charge is -2.17. The van der Waals surface area contributed by atoms with Crippen LogP contribution in [0.1, 0.15) is 153 Å². The highest BCUT2D eigenvalue weighted by atomic mass is 79.9. The molecular weight excluding hydrogens is 492 g/mol. The van der Waals surface area contributed by atoms with Gasteiger partial charge in [-0.1, -0.05) is 129 Å². The van der Waals surface area contributed by atoms with Crippen molar-refractivity contribution in [3.8, 4) is 0 Å². The Labute approximate surface area is 217 Å². The molecule has 1 atom stereocenters. The normalized spacial score (nSPS) is 12.2. The minimum Gasteiger partial charge on any atom is -0.462 e. The molecule has 1 rings (SSSR count). The first-order valence-corrected chi connectivity index (χ1v) is 15.8. The minimum atomic E-state index is -0.174. The molecule has 0 saturated carbocycles. The van der Waals surface area contributed by atoms with Crippen LogP contribution in [-0.2, 0) is 4.74 Å². The third-order valence-electron chi connectivity index (χ3n) is 6.72. The molecular formula is C29H51BrO2S. The Hall–Kier alpha value is -0.350. The van der Waals surface area contributed by atoms with Crippen molar-refractivity contribution in [2.75, 3.05) is 6.61 Å². The average Bonchev–Trinajstić information content (AvgIpc) is 3.25. The predicted molar refractivity (Wildman–Crippen MR) is 149 cm³/mol. The van der Waals surface area contributed by atoms with Crippen LogP contribution in [0.2, 0.25) is 0 Å². The summed E-state index contributed by atoms with van der Waals surface area (Å²) < 4.78 is 6.61. The van der Waals surface area contributed by atoms with Crippen LogP contribution in [0.5, 0.6) is 0 Å². The number of halogens is 1. The summed E-state index contributed by atoms with van der Waals surface area (Å²) in [5.74, 6) is 0.340. The predicted octanol–water partition coefficient (Wildman–Crippen LogP) is 11.1. The SMILES string of the molecule is CCCCCCCCCCCCC(CCCCCCCCCC)COC(=O)c1ccsc1Br. The molecule has 0 saturated heterocycles. The highest BCUT2D eigenvalue weighted by molar-refractivity contribution is 9.11. The van der Waals surface area contributed by atoms with Gasteiger partial charge in [0.05, 0.1) is 16.0 Å². The highest BCUT2D eigenvalue weighted by Gasteiger charge is 2.16. The van der Waals surface area contributed by atoms with Crippen molar-refractivity contribution in [2.45, 2.75) is 142 Å². The Morgan fingerprint density at radius 2 is 1.18 bits per heavy atom. The Morgan fingerprint density at radius 1 is 0.758 bits per heavy atom. The van der Waals surface area contributed by atoms with Gasteiger partial charge in [0.2, 0.25) is 0 Å². The maximum absolute atomic E-state index is 12.4. The fraction of sp³-hybridized carbons (Fsp3) is 0.828. The van der Waals surface area contributed by atoms with E-state index in [0.717, 1.165) is 3.79 Å². The first kappa shape index (κ1) is 30.7. The zero-order valence-corrected chi connectivity index (χ0v) is 24.1. The van der Waals surface area contributed by atoms with Crippen LogP contribution >= 0.6 is 27.3 Å². The van der Waals surface area contributed by atoms with Crippen LogP contribution in [0.15, 0.2) is 15.2 Å². The molecule has 0 N–H and O–H groups in total. The van der Waals surface area contributed by atoms with Gasteiger partial charge in [0, 0.05) is 0 Å². The second-order valence-corrected chi connectivity index (χ2v) is 12.0. The first-order chi connectivity index (χ1) is 16.2. The van der Waals surface area contributed by atoms with Crippen molar-refractivity contribution in [2.24, 2.45) is 5.92 Å². The Morgan fingerprint density at radius 3 is 1.58 bits per heavy atom. The Kier molecular flexibility index (Phi) is 20.6. The van der Waals surface area contributed by atoms with Gasteiger partial charge in [0.15, 0.2) is 0 Å². The molecule has 2 nitrogen and oxygen atoms in total. The van der Waals surface area contributed by atoms with Crippen molar-refractivity contribution in [3.63, 3.8) is 0 Å². The molecule has 0 aliphatic carbocycles. The van der Waals surface area contributed by atoms with E-state index in [1.54, 1.807) is 0 Å². The van der Waals surface area contributed by atoms with Gasteiger partial charge in [-0.15, -0.1) is 11.3 Å². The van der Waals surface area contributed by atoms with E-state index in [-0.39, 0.29) is 5.97 Å². The maximum atomic E-state index is 12.4. The van der Waals surface area contributed by atoms with Crippen LogP contribution in [0, 0.1) is 5.92 Å². The van der Waals surface area contributed by atoms with E-state index in [2.05, 4.69) is 29.8 Å². The van der Waals surface area contributed by atoms with Gasteiger partial charge >= 0.3 is 5.97 Å². The molecule has 0 aliphatic rings. The highest BCUT2D eigenvalue weighted by Crippen LogP contribution is 2.25. The van der Waals surface area contributed by atoms with E-state index < -0.39 is 0 Å². The van der Waals surface area contributed by atoms with Crippen LogP contribution in [0.3, 0.4) is 0 Å². The number of hydrogen-bond donors (Lipinski definition) is 0. The number of thiophene rings is 1. The van der Waals surface area contributed by atoms with Crippen molar-refractivity contribution in [1.82, 2.24) is 0 Å². The minimum absolute atomic E-state index is 0.174. The van der Waals surface area contributed by atoms with E-state index in [1.807, 2.05) is 11.4 Å². The fourth-order valence-corrected chi connectivity index (χ4v) is 5.73. The van der Waals surface area contributed by atoms with Crippen LogP contribution < -0.4 is 0 Å². The van der Waals surface area contributed by atoms with Crippen molar-refractivity contribution >= 4 is 33.2 Å². The van der Waals surface area contributed by atoms with Gasteiger partial charge in [-0.2, -0.15) is 0 Å². The van der Waals surface area contributed by atoms with Gasteiger partial charge in [0.25, 0.3) is 0 Å². The van der Waals surface area contributed by atoms with Crippen molar-refractivity contribution in [3.05, 3.63) is 20.8 Å². The van der Waals surface area contributed by atoms with Gasteiger partial charge in [0.1, 0.15) is 0 Å². The number of carbonyl (C=O) groups excluding carboxylic acids is 1. The average molecular weight is 544 g/mol.